The van der Waals surface area contributed by atoms with Crippen LogP contribution in [-0.2, 0) is 6.42 Å². The Labute approximate surface area is 127 Å². The number of benzene rings is 1. The predicted molar refractivity (Wildman–Crippen MR) is 88.6 cm³/mol. The van der Waals surface area contributed by atoms with Gasteiger partial charge in [-0.2, -0.15) is 0 Å². The lowest BCUT2D eigenvalue weighted by atomic mass is 9.77. The van der Waals surface area contributed by atoms with E-state index in [1.165, 1.54) is 24.8 Å². The molecule has 1 aromatic carbocycles. The summed E-state index contributed by atoms with van der Waals surface area (Å²) in [6.45, 7) is 11.4. The van der Waals surface area contributed by atoms with E-state index in [1.807, 2.05) is 0 Å². The first kappa shape index (κ1) is 16.7. The van der Waals surface area contributed by atoms with E-state index in [0.717, 1.165) is 23.5 Å². The molecular formula is C17H28BrN. The fourth-order valence-corrected chi connectivity index (χ4v) is 2.74. The summed E-state index contributed by atoms with van der Waals surface area (Å²) in [5.41, 5.74) is 1.83. The van der Waals surface area contributed by atoms with E-state index in [0.29, 0.717) is 5.41 Å². The van der Waals surface area contributed by atoms with E-state index in [9.17, 15) is 0 Å². The average Bonchev–Trinajstić information content (AvgIpc) is 2.40. The van der Waals surface area contributed by atoms with Gasteiger partial charge in [0.15, 0.2) is 0 Å². The maximum Gasteiger partial charge on any atom is 0.0175 e. The van der Waals surface area contributed by atoms with E-state index in [2.05, 4.69) is 73.2 Å². The normalized spacial score (nSPS) is 12.1. The van der Waals surface area contributed by atoms with Crippen molar-refractivity contribution in [3.05, 3.63) is 34.3 Å². The first-order valence-electron chi connectivity index (χ1n) is 7.46. The molecule has 0 heterocycles. The molecule has 108 valence electrons. The van der Waals surface area contributed by atoms with Crippen molar-refractivity contribution in [2.75, 3.05) is 13.1 Å². The lowest BCUT2D eigenvalue weighted by Crippen LogP contribution is -2.36. The van der Waals surface area contributed by atoms with Crippen molar-refractivity contribution in [1.29, 1.82) is 0 Å². The molecule has 2 heteroatoms. The second kappa shape index (κ2) is 8.06. The van der Waals surface area contributed by atoms with Crippen LogP contribution in [0.3, 0.4) is 0 Å². The van der Waals surface area contributed by atoms with Crippen LogP contribution in [0.15, 0.2) is 28.7 Å². The van der Waals surface area contributed by atoms with Gasteiger partial charge < -0.3 is 5.32 Å². The molecule has 0 aliphatic heterocycles. The van der Waals surface area contributed by atoms with Crippen LogP contribution in [-0.4, -0.2) is 13.1 Å². The van der Waals surface area contributed by atoms with Gasteiger partial charge in [-0.15, -0.1) is 0 Å². The maximum absolute atomic E-state index is 3.65. The number of rotatable bonds is 8. The summed E-state index contributed by atoms with van der Waals surface area (Å²) in [5, 5.41) is 3.65. The molecule has 0 saturated carbocycles. The molecule has 19 heavy (non-hydrogen) atoms. The first-order valence-corrected chi connectivity index (χ1v) is 8.26. The zero-order valence-corrected chi connectivity index (χ0v) is 14.4. The van der Waals surface area contributed by atoms with Crippen molar-refractivity contribution >= 4 is 15.9 Å². The molecule has 1 aromatic rings. The lowest BCUT2D eigenvalue weighted by molar-refractivity contribution is 0.243. The van der Waals surface area contributed by atoms with E-state index in [4.69, 9.17) is 0 Å². The molecule has 1 rings (SSSR count). The molecule has 0 radical (unpaired) electrons. The molecule has 0 bridgehead atoms. The Bertz CT molecular complexity index is 352. The van der Waals surface area contributed by atoms with E-state index in [1.54, 1.807) is 0 Å². The zero-order valence-electron chi connectivity index (χ0n) is 12.8. The molecule has 1 N–H and O–H groups in total. The monoisotopic (exact) mass is 325 g/mol. The summed E-state index contributed by atoms with van der Waals surface area (Å²) in [7, 11) is 0. The molecule has 1 nitrogen and oxygen atoms in total. The lowest BCUT2D eigenvalue weighted by Gasteiger charge is -2.33. The second-order valence-electron chi connectivity index (χ2n) is 6.04. The van der Waals surface area contributed by atoms with E-state index < -0.39 is 0 Å². The Morgan fingerprint density at radius 3 is 2.16 bits per heavy atom. The van der Waals surface area contributed by atoms with E-state index >= 15 is 0 Å². The molecule has 0 aliphatic rings. The number of hydrogen-bond donors (Lipinski definition) is 1. The molecule has 0 saturated heterocycles. The summed E-state index contributed by atoms with van der Waals surface area (Å²) < 4.78 is 1.16. The highest BCUT2D eigenvalue weighted by Gasteiger charge is 2.26. The van der Waals surface area contributed by atoms with Crippen LogP contribution in [0.5, 0.6) is 0 Å². The van der Waals surface area contributed by atoms with Crippen LogP contribution in [0.4, 0.5) is 0 Å². The number of hydrogen-bond acceptors (Lipinski definition) is 1. The van der Waals surface area contributed by atoms with Crippen molar-refractivity contribution < 1.29 is 0 Å². The minimum absolute atomic E-state index is 0.392. The van der Waals surface area contributed by atoms with E-state index in [-0.39, 0.29) is 0 Å². The van der Waals surface area contributed by atoms with Gasteiger partial charge in [0.05, 0.1) is 0 Å². The Hall–Kier alpha value is -0.340. The summed E-state index contributed by atoms with van der Waals surface area (Å²) in [6, 6.07) is 8.78. The van der Waals surface area contributed by atoms with Gasteiger partial charge in [-0.1, -0.05) is 55.8 Å². The van der Waals surface area contributed by atoms with Gasteiger partial charge in [-0.25, -0.2) is 0 Å². The van der Waals surface area contributed by atoms with Crippen molar-refractivity contribution in [2.24, 2.45) is 11.3 Å². The van der Waals surface area contributed by atoms with Gasteiger partial charge in [-0.05, 0) is 54.8 Å². The molecule has 0 spiro atoms. The Morgan fingerprint density at radius 1 is 1.11 bits per heavy atom. The summed E-state index contributed by atoms with van der Waals surface area (Å²) in [4.78, 5) is 0. The summed E-state index contributed by atoms with van der Waals surface area (Å²) in [5.74, 6) is 0.721. The van der Waals surface area contributed by atoms with Crippen molar-refractivity contribution in [2.45, 2.75) is 47.0 Å². The van der Waals surface area contributed by atoms with Gasteiger partial charge in [0.2, 0.25) is 0 Å². The van der Waals surface area contributed by atoms with Gasteiger partial charge in [0.1, 0.15) is 0 Å². The SMILES string of the molecule is CCC(CC)(CNCC(C)C)Cc1ccc(Br)cc1. The van der Waals surface area contributed by atoms with Crippen molar-refractivity contribution in [1.82, 2.24) is 5.32 Å². The number of nitrogens with one attached hydrogen (secondary N) is 1. The predicted octanol–water partition coefficient (Wildman–Crippen LogP) is 5.04. The van der Waals surface area contributed by atoms with Gasteiger partial charge in [-0.3, -0.25) is 0 Å². The van der Waals surface area contributed by atoms with Crippen molar-refractivity contribution in [3.8, 4) is 0 Å². The van der Waals surface area contributed by atoms with Crippen LogP contribution in [0, 0.1) is 11.3 Å². The second-order valence-corrected chi connectivity index (χ2v) is 6.95. The van der Waals surface area contributed by atoms with Crippen LogP contribution < -0.4 is 5.32 Å². The smallest absolute Gasteiger partial charge is 0.0175 e. The average molecular weight is 326 g/mol. The van der Waals surface area contributed by atoms with Gasteiger partial charge >= 0.3 is 0 Å². The van der Waals surface area contributed by atoms with Crippen LogP contribution in [0.25, 0.3) is 0 Å². The first-order chi connectivity index (χ1) is 9.01. The number of halogens is 1. The third-order valence-corrected chi connectivity index (χ3v) is 4.57. The quantitative estimate of drug-likeness (QED) is 0.705. The van der Waals surface area contributed by atoms with Gasteiger partial charge in [0, 0.05) is 11.0 Å². The molecular weight excluding hydrogens is 298 g/mol. The van der Waals surface area contributed by atoms with Crippen molar-refractivity contribution in [3.63, 3.8) is 0 Å². The molecule has 0 amide bonds. The highest BCUT2D eigenvalue weighted by Crippen LogP contribution is 2.30. The summed E-state index contributed by atoms with van der Waals surface area (Å²) in [6.07, 6.45) is 3.62. The molecule has 0 fully saturated rings. The standard InChI is InChI=1S/C17H28BrN/c1-5-17(6-2,13-19-12-14(3)4)11-15-7-9-16(18)10-8-15/h7-10,14,19H,5-6,11-13H2,1-4H3. The molecule has 0 aliphatic carbocycles. The topological polar surface area (TPSA) is 12.0 Å². The minimum Gasteiger partial charge on any atom is -0.316 e. The fraction of sp³-hybridized carbons (Fsp3) is 0.647. The Balaban J connectivity index is 2.66. The fourth-order valence-electron chi connectivity index (χ4n) is 2.47. The molecule has 0 unspecified atom stereocenters. The Kier molecular flexibility index (Phi) is 7.09. The van der Waals surface area contributed by atoms with Crippen LogP contribution >= 0.6 is 15.9 Å². The highest BCUT2D eigenvalue weighted by molar-refractivity contribution is 9.10. The van der Waals surface area contributed by atoms with Crippen LogP contribution in [0.2, 0.25) is 0 Å². The molecule has 0 aromatic heterocycles. The minimum atomic E-state index is 0.392. The zero-order chi connectivity index (χ0) is 14.3. The Morgan fingerprint density at radius 2 is 1.68 bits per heavy atom. The third-order valence-electron chi connectivity index (χ3n) is 4.04. The summed E-state index contributed by atoms with van der Waals surface area (Å²) >= 11 is 3.50. The highest BCUT2D eigenvalue weighted by atomic mass is 79.9. The maximum atomic E-state index is 3.65. The largest absolute Gasteiger partial charge is 0.316 e. The third kappa shape index (κ3) is 5.66. The van der Waals surface area contributed by atoms with Gasteiger partial charge in [0.25, 0.3) is 0 Å². The molecule has 0 atom stereocenters. The van der Waals surface area contributed by atoms with Crippen LogP contribution in [0.1, 0.15) is 46.1 Å².